The smallest absolute Gasteiger partial charge is 0.260 e. The lowest BCUT2D eigenvalue weighted by atomic mass is 10.2. The molecule has 1 amide bonds. The van der Waals surface area contributed by atoms with Gasteiger partial charge in [0.2, 0.25) is 0 Å². The van der Waals surface area contributed by atoms with Gasteiger partial charge in [0.1, 0.15) is 4.60 Å². The number of pyridine rings is 1. The summed E-state index contributed by atoms with van der Waals surface area (Å²) in [6.07, 6.45) is 1.64. The topological polar surface area (TPSA) is 33.2 Å². The highest BCUT2D eigenvalue weighted by Gasteiger charge is 2.16. The van der Waals surface area contributed by atoms with Crippen molar-refractivity contribution in [2.24, 2.45) is 0 Å². The highest BCUT2D eigenvalue weighted by Crippen LogP contribution is 2.18. The Balaban J connectivity index is 2.30. The molecule has 0 atom stereocenters. The van der Waals surface area contributed by atoms with Gasteiger partial charge in [-0.05, 0) is 40.2 Å². The zero-order valence-electron chi connectivity index (χ0n) is 9.30. The summed E-state index contributed by atoms with van der Waals surface area (Å²) in [5.74, 6) is -0.0869. The second-order valence-electron chi connectivity index (χ2n) is 3.54. The van der Waals surface area contributed by atoms with Gasteiger partial charge in [0.05, 0.1) is 5.56 Å². The van der Waals surface area contributed by atoms with Crippen molar-refractivity contribution < 1.29 is 4.79 Å². The van der Waals surface area contributed by atoms with Crippen LogP contribution in [0.15, 0.2) is 53.3 Å². The number of amides is 1. The van der Waals surface area contributed by atoms with Crippen LogP contribution in [-0.4, -0.2) is 17.9 Å². The maximum Gasteiger partial charge on any atom is 0.260 e. The Morgan fingerprint density at radius 3 is 2.53 bits per heavy atom. The van der Waals surface area contributed by atoms with E-state index >= 15 is 0 Å². The molecule has 2 aromatic rings. The van der Waals surface area contributed by atoms with E-state index in [9.17, 15) is 4.79 Å². The quantitative estimate of drug-likeness (QED) is 0.796. The van der Waals surface area contributed by atoms with Crippen LogP contribution in [0.4, 0.5) is 5.69 Å². The van der Waals surface area contributed by atoms with Crippen LogP contribution in [0.25, 0.3) is 0 Å². The molecule has 0 unspecified atom stereocenters. The van der Waals surface area contributed by atoms with Crippen LogP contribution in [-0.2, 0) is 0 Å². The van der Waals surface area contributed by atoms with Crippen LogP contribution < -0.4 is 4.90 Å². The number of hydrogen-bond acceptors (Lipinski definition) is 2. The molecule has 0 saturated carbocycles. The van der Waals surface area contributed by atoms with E-state index in [1.54, 1.807) is 30.3 Å². The largest absolute Gasteiger partial charge is 0.311 e. The summed E-state index contributed by atoms with van der Waals surface area (Å²) in [5.41, 5.74) is 1.41. The number of rotatable bonds is 2. The molecule has 0 bridgehead atoms. The number of nitrogens with zero attached hydrogens (tertiary/aromatic N) is 2. The summed E-state index contributed by atoms with van der Waals surface area (Å²) in [4.78, 5) is 17.9. The fourth-order valence-electron chi connectivity index (χ4n) is 1.50. The third-order valence-electron chi connectivity index (χ3n) is 2.44. The summed E-state index contributed by atoms with van der Waals surface area (Å²) in [7, 11) is 1.75. The molecule has 86 valence electrons. The predicted molar refractivity (Wildman–Crippen MR) is 71.1 cm³/mol. The third kappa shape index (κ3) is 2.53. The number of carbonyl (C=O) groups is 1. The molecule has 0 N–H and O–H groups in total. The van der Waals surface area contributed by atoms with Gasteiger partial charge in [0.15, 0.2) is 0 Å². The lowest BCUT2D eigenvalue weighted by molar-refractivity contribution is 0.0992. The zero-order valence-corrected chi connectivity index (χ0v) is 10.9. The maximum absolute atomic E-state index is 12.2. The van der Waals surface area contributed by atoms with E-state index < -0.39 is 0 Å². The van der Waals surface area contributed by atoms with Crippen molar-refractivity contribution in [3.05, 3.63) is 58.8 Å². The molecule has 1 aromatic heterocycles. The van der Waals surface area contributed by atoms with Gasteiger partial charge in [-0.25, -0.2) is 4.98 Å². The van der Waals surface area contributed by atoms with E-state index in [0.717, 1.165) is 5.69 Å². The molecule has 3 nitrogen and oxygen atoms in total. The van der Waals surface area contributed by atoms with E-state index in [1.807, 2.05) is 30.3 Å². The van der Waals surface area contributed by atoms with Gasteiger partial charge >= 0.3 is 0 Å². The van der Waals surface area contributed by atoms with Crippen molar-refractivity contribution in [2.45, 2.75) is 0 Å². The summed E-state index contributed by atoms with van der Waals surface area (Å²) >= 11 is 3.28. The predicted octanol–water partition coefficient (Wildman–Crippen LogP) is 3.12. The molecule has 0 spiro atoms. The van der Waals surface area contributed by atoms with Crippen LogP contribution in [0.5, 0.6) is 0 Å². The van der Waals surface area contributed by atoms with Crippen LogP contribution >= 0.6 is 15.9 Å². The van der Waals surface area contributed by atoms with Crippen LogP contribution in [0, 0.1) is 0 Å². The van der Waals surface area contributed by atoms with Crippen molar-refractivity contribution in [3.8, 4) is 0 Å². The fraction of sp³-hybridized carbons (Fsp3) is 0.0769. The Bertz CT molecular complexity index is 528. The Morgan fingerprint density at radius 2 is 1.88 bits per heavy atom. The fourth-order valence-corrected chi connectivity index (χ4v) is 1.92. The van der Waals surface area contributed by atoms with Gasteiger partial charge in [-0.3, -0.25) is 4.79 Å². The Labute approximate surface area is 108 Å². The number of benzene rings is 1. The van der Waals surface area contributed by atoms with Gasteiger partial charge in [-0.1, -0.05) is 18.2 Å². The van der Waals surface area contributed by atoms with Crippen molar-refractivity contribution >= 4 is 27.5 Å². The van der Waals surface area contributed by atoms with Gasteiger partial charge in [-0.2, -0.15) is 0 Å². The van der Waals surface area contributed by atoms with E-state index in [1.165, 1.54) is 0 Å². The van der Waals surface area contributed by atoms with Gasteiger partial charge in [-0.15, -0.1) is 0 Å². The van der Waals surface area contributed by atoms with Gasteiger partial charge in [0.25, 0.3) is 5.91 Å². The van der Waals surface area contributed by atoms with E-state index in [4.69, 9.17) is 0 Å². The number of halogens is 1. The molecule has 17 heavy (non-hydrogen) atoms. The molecule has 0 saturated heterocycles. The Morgan fingerprint density at radius 1 is 1.18 bits per heavy atom. The van der Waals surface area contributed by atoms with Crippen LogP contribution in [0.3, 0.4) is 0 Å². The first kappa shape index (κ1) is 11.8. The summed E-state index contributed by atoms with van der Waals surface area (Å²) < 4.78 is 0.563. The van der Waals surface area contributed by atoms with E-state index in [0.29, 0.717) is 10.2 Å². The zero-order chi connectivity index (χ0) is 12.3. The first-order valence-electron chi connectivity index (χ1n) is 5.14. The Hall–Kier alpha value is -1.68. The molecule has 4 heteroatoms. The normalized spacial score (nSPS) is 10.0. The van der Waals surface area contributed by atoms with Crippen LogP contribution in [0.1, 0.15) is 10.4 Å². The number of carbonyl (C=O) groups excluding carboxylic acids is 1. The SMILES string of the molecule is CN(C(=O)c1cccnc1Br)c1ccccc1. The summed E-state index contributed by atoms with van der Waals surface area (Å²) in [5, 5.41) is 0. The minimum Gasteiger partial charge on any atom is -0.311 e. The number of aromatic nitrogens is 1. The van der Waals surface area contributed by atoms with Gasteiger partial charge in [0, 0.05) is 18.9 Å². The van der Waals surface area contributed by atoms with Crippen molar-refractivity contribution in [2.75, 3.05) is 11.9 Å². The van der Waals surface area contributed by atoms with Crippen molar-refractivity contribution in [1.29, 1.82) is 0 Å². The summed E-state index contributed by atoms with van der Waals surface area (Å²) in [6.45, 7) is 0. The standard InChI is InChI=1S/C13H11BrN2O/c1-16(10-6-3-2-4-7-10)13(17)11-8-5-9-15-12(11)14/h2-9H,1H3. The average molecular weight is 291 g/mol. The molecule has 0 aliphatic carbocycles. The molecule has 0 aliphatic rings. The van der Waals surface area contributed by atoms with E-state index in [-0.39, 0.29) is 5.91 Å². The molecule has 0 radical (unpaired) electrons. The van der Waals surface area contributed by atoms with Crippen molar-refractivity contribution in [1.82, 2.24) is 4.98 Å². The minimum atomic E-state index is -0.0869. The van der Waals surface area contributed by atoms with E-state index in [2.05, 4.69) is 20.9 Å². The lowest BCUT2D eigenvalue weighted by Crippen LogP contribution is -2.26. The third-order valence-corrected chi connectivity index (χ3v) is 3.07. The average Bonchev–Trinajstić information content (AvgIpc) is 2.39. The molecular formula is C13H11BrN2O. The minimum absolute atomic E-state index is 0.0869. The first-order valence-corrected chi connectivity index (χ1v) is 5.93. The maximum atomic E-state index is 12.2. The molecule has 0 fully saturated rings. The Kier molecular flexibility index (Phi) is 3.54. The van der Waals surface area contributed by atoms with Crippen LogP contribution in [0.2, 0.25) is 0 Å². The molecule has 2 rings (SSSR count). The molecule has 1 aromatic carbocycles. The highest BCUT2D eigenvalue weighted by atomic mass is 79.9. The monoisotopic (exact) mass is 290 g/mol. The number of hydrogen-bond donors (Lipinski definition) is 0. The molecular weight excluding hydrogens is 280 g/mol. The van der Waals surface area contributed by atoms with Crippen molar-refractivity contribution in [3.63, 3.8) is 0 Å². The highest BCUT2D eigenvalue weighted by molar-refractivity contribution is 9.10. The second-order valence-corrected chi connectivity index (χ2v) is 4.29. The number of para-hydroxylation sites is 1. The first-order chi connectivity index (χ1) is 8.20. The molecule has 0 aliphatic heterocycles. The number of anilines is 1. The second kappa shape index (κ2) is 5.10. The van der Waals surface area contributed by atoms with Gasteiger partial charge < -0.3 is 4.90 Å². The lowest BCUT2D eigenvalue weighted by Gasteiger charge is -2.17. The summed E-state index contributed by atoms with van der Waals surface area (Å²) in [6, 6.07) is 13.0. The molecule has 1 heterocycles.